The number of piperidine rings is 1. The average Bonchev–Trinajstić information content (AvgIpc) is 3.16. The van der Waals surface area contributed by atoms with Crippen molar-refractivity contribution in [1.82, 2.24) is 14.3 Å². The summed E-state index contributed by atoms with van der Waals surface area (Å²) in [5, 5.41) is 16.5. The zero-order chi connectivity index (χ0) is 28.5. The zero-order valence-corrected chi connectivity index (χ0v) is 22.7. The number of amides is 1. The Morgan fingerprint density at radius 1 is 1.05 bits per heavy atom. The molecule has 1 fully saturated rings. The Labute approximate surface area is 227 Å². The highest BCUT2D eigenvalue weighted by Crippen LogP contribution is 2.29. The minimum atomic E-state index is -1.03. The monoisotopic (exact) mass is 533 g/mol. The summed E-state index contributed by atoms with van der Waals surface area (Å²) in [6, 6.07) is 14.6. The average molecular weight is 534 g/mol. The largest absolute Gasteiger partial charge is 0.480 e. The van der Waals surface area contributed by atoms with Gasteiger partial charge in [0.1, 0.15) is 18.0 Å². The van der Waals surface area contributed by atoms with Crippen LogP contribution in [0.4, 0.5) is 0 Å². The smallest absolute Gasteiger partial charge is 0.329 e. The van der Waals surface area contributed by atoms with Gasteiger partial charge in [0.25, 0.3) is 11.5 Å². The first-order valence-corrected chi connectivity index (χ1v) is 12.9. The molecule has 1 aromatic heterocycles. The number of ether oxygens (including phenoxy) is 1. The Hall–Kier alpha value is -4.18. The molecule has 2 heterocycles. The molecule has 39 heavy (non-hydrogen) atoms. The van der Waals surface area contributed by atoms with E-state index < -0.39 is 11.5 Å². The van der Waals surface area contributed by atoms with Gasteiger partial charge in [0, 0.05) is 31.3 Å². The van der Waals surface area contributed by atoms with Gasteiger partial charge in [-0.1, -0.05) is 45.0 Å². The molecule has 0 unspecified atom stereocenters. The van der Waals surface area contributed by atoms with E-state index in [1.165, 1.54) is 4.68 Å². The molecule has 10 nitrogen and oxygen atoms in total. The highest BCUT2D eigenvalue weighted by molar-refractivity contribution is 6.00. The molecule has 0 saturated carbocycles. The Morgan fingerprint density at radius 3 is 2.15 bits per heavy atom. The van der Waals surface area contributed by atoms with Crippen molar-refractivity contribution in [2.45, 2.75) is 45.1 Å². The number of nitrogens with two attached hydrogens (primary N) is 1. The summed E-state index contributed by atoms with van der Waals surface area (Å²) >= 11 is 0. The lowest BCUT2D eigenvalue weighted by Gasteiger charge is -2.31. The number of carbonyl (C=O) groups excluding carboxylic acids is 1. The number of carboxylic acid groups (broad SMARTS) is 1. The maximum atomic E-state index is 13.9. The normalized spacial score (nSPS) is 14.4. The van der Waals surface area contributed by atoms with Gasteiger partial charge in [0.2, 0.25) is 0 Å². The van der Waals surface area contributed by atoms with E-state index in [4.69, 9.17) is 21.0 Å². The highest BCUT2D eigenvalue weighted by atomic mass is 16.5. The number of nitrogen functional groups attached to an aromatic ring is 1. The molecule has 2 aromatic carbocycles. The van der Waals surface area contributed by atoms with Crippen molar-refractivity contribution < 1.29 is 19.4 Å². The molecule has 0 atom stereocenters. The number of rotatable bonds is 7. The lowest BCUT2D eigenvalue weighted by atomic mass is 9.86. The van der Waals surface area contributed by atoms with E-state index in [-0.39, 0.29) is 35.4 Å². The minimum absolute atomic E-state index is 0.0551. The van der Waals surface area contributed by atoms with Crippen molar-refractivity contribution in [3.05, 3.63) is 75.6 Å². The predicted molar refractivity (Wildman–Crippen MR) is 149 cm³/mol. The maximum Gasteiger partial charge on any atom is 0.329 e. The molecular weight excluding hydrogens is 498 g/mol. The number of hydrogen-bond donors (Lipinski definition) is 3. The molecule has 0 aliphatic carbocycles. The Balaban J connectivity index is 1.76. The number of carboxylic acids is 1. The third kappa shape index (κ3) is 5.80. The molecular formula is C29H35N5O5. The number of nitrogens with zero attached hydrogens (tertiary/aromatic N) is 3. The molecule has 0 radical (unpaired) electrons. The van der Waals surface area contributed by atoms with E-state index in [2.05, 4.69) is 20.8 Å². The van der Waals surface area contributed by atoms with Crippen molar-refractivity contribution >= 4 is 17.7 Å². The quantitative estimate of drug-likeness (QED) is 0.314. The first kappa shape index (κ1) is 27.8. The fourth-order valence-corrected chi connectivity index (χ4v) is 4.90. The fraction of sp³-hybridized carbons (Fsp3) is 0.379. The molecule has 1 amide bonds. The van der Waals surface area contributed by atoms with E-state index in [1.54, 1.807) is 40.9 Å². The van der Waals surface area contributed by atoms with E-state index in [0.29, 0.717) is 42.9 Å². The molecule has 1 aliphatic heterocycles. The summed E-state index contributed by atoms with van der Waals surface area (Å²) in [6.45, 7) is 6.70. The second-order valence-electron chi connectivity index (χ2n) is 10.8. The van der Waals surface area contributed by atoms with Gasteiger partial charge < -0.3 is 20.5 Å². The van der Waals surface area contributed by atoms with Gasteiger partial charge in [-0.15, -0.1) is 0 Å². The minimum Gasteiger partial charge on any atom is -0.480 e. The van der Waals surface area contributed by atoms with Gasteiger partial charge in [-0.3, -0.25) is 19.7 Å². The molecule has 10 heteroatoms. The molecule has 0 spiro atoms. The summed E-state index contributed by atoms with van der Waals surface area (Å²) in [7, 11) is 1.75. The van der Waals surface area contributed by atoms with Crippen LogP contribution in [0.2, 0.25) is 0 Å². The van der Waals surface area contributed by atoms with Gasteiger partial charge in [-0.25, -0.2) is 9.48 Å². The van der Waals surface area contributed by atoms with E-state index >= 15 is 0 Å². The zero-order valence-electron chi connectivity index (χ0n) is 22.7. The van der Waals surface area contributed by atoms with E-state index in [9.17, 15) is 14.4 Å². The summed E-state index contributed by atoms with van der Waals surface area (Å²) < 4.78 is 8.55. The standard InChI is InChI=1S/C29H35N5O5/c1-29(2,3)20-9-5-18(6-10-20)25-24(27(37)33-15-13-22(14-16-33)39-17-23(35)36)28(38)34(32(25)4)21-11-7-19(8-12-21)26(30)31/h5-12,22H,13-17H2,1-4H3,(H3,30,31)(H,35,36). The van der Waals surface area contributed by atoms with Gasteiger partial charge >= 0.3 is 5.97 Å². The fourth-order valence-electron chi connectivity index (χ4n) is 4.90. The van der Waals surface area contributed by atoms with Crippen molar-refractivity contribution in [2.75, 3.05) is 19.7 Å². The van der Waals surface area contributed by atoms with Crippen molar-refractivity contribution in [3.63, 3.8) is 0 Å². The van der Waals surface area contributed by atoms with Crippen LogP contribution in [0, 0.1) is 5.41 Å². The lowest BCUT2D eigenvalue weighted by molar-refractivity contribution is -0.145. The van der Waals surface area contributed by atoms with Crippen LogP contribution >= 0.6 is 0 Å². The molecule has 4 rings (SSSR count). The van der Waals surface area contributed by atoms with Crippen LogP contribution in [0.1, 0.15) is 55.1 Å². The summed E-state index contributed by atoms with van der Waals surface area (Å²) in [4.78, 5) is 40.2. The van der Waals surface area contributed by atoms with Crippen LogP contribution in [0.25, 0.3) is 16.9 Å². The Bertz CT molecular complexity index is 1440. The summed E-state index contributed by atoms with van der Waals surface area (Å²) in [5.74, 6) is -1.48. The highest BCUT2D eigenvalue weighted by Gasteiger charge is 2.32. The van der Waals surface area contributed by atoms with Gasteiger partial charge in [-0.2, -0.15) is 0 Å². The molecule has 3 aromatic rings. The third-order valence-corrected chi connectivity index (χ3v) is 7.10. The van der Waals surface area contributed by atoms with Crippen LogP contribution in [-0.2, 0) is 22.0 Å². The Morgan fingerprint density at radius 2 is 1.64 bits per heavy atom. The van der Waals surface area contributed by atoms with Crippen LogP contribution in [0.15, 0.2) is 53.3 Å². The first-order valence-electron chi connectivity index (χ1n) is 12.9. The van der Waals surface area contributed by atoms with Gasteiger partial charge in [-0.05, 0) is 48.1 Å². The van der Waals surface area contributed by atoms with Crippen LogP contribution in [-0.4, -0.2) is 62.9 Å². The van der Waals surface area contributed by atoms with E-state index in [0.717, 1.165) is 11.1 Å². The van der Waals surface area contributed by atoms with E-state index in [1.807, 2.05) is 24.3 Å². The van der Waals surface area contributed by atoms with Crippen molar-refractivity contribution in [3.8, 4) is 16.9 Å². The molecule has 0 bridgehead atoms. The lowest BCUT2D eigenvalue weighted by Crippen LogP contribution is -2.42. The number of amidine groups is 1. The van der Waals surface area contributed by atoms with Crippen molar-refractivity contribution in [1.29, 1.82) is 5.41 Å². The maximum absolute atomic E-state index is 13.9. The number of benzene rings is 2. The number of aliphatic carboxylic acids is 1. The summed E-state index contributed by atoms with van der Waals surface area (Å²) in [6.07, 6.45) is 0.728. The van der Waals surface area contributed by atoms with Gasteiger partial charge in [0.05, 0.1) is 17.5 Å². The van der Waals surface area contributed by atoms with Gasteiger partial charge in [0.15, 0.2) is 0 Å². The molecule has 4 N–H and O–H groups in total. The SMILES string of the molecule is Cn1c(-c2ccc(C(C)(C)C)cc2)c(C(=O)N2CCC(OCC(=O)O)CC2)c(=O)n1-c1ccc(C(=N)N)cc1. The van der Waals surface area contributed by atoms with Crippen LogP contribution < -0.4 is 11.3 Å². The molecule has 1 aliphatic rings. The molecule has 1 saturated heterocycles. The third-order valence-electron chi connectivity index (χ3n) is 7.10. The number of hydrogen-bond acceptors (Lipinski definition) is 5. The summed E-state index contributed by atoms with van der Waals surface area (Å²) in [5.41, 5.74) is 8.61. The first-order chi connectivity index (χ1) is 18.4. The number of carbonyl (C=O) groups is 2. The number of aromatic nitrogens is 2. The second-order valence-corrected chi connectivity index (χ2v) is 10.8. The number of likely N-dealkylation sites (tertiary alicyclic amines) is 1. The second kappa shape index (κ2) is 10.9. The predicted octanol–water partition coefficient (Wildman–Crippen LogP) is 3.13. The van der Waals surface area contributed by atoms with Crippen LogP contribution in [0.5, 0.6) is 0 Å². The van der Waals surface area contributed by atoms with Crippen LogP contribution in [0.3, 0.4) is 0 Å². The molecule has 206 valence electrons. The Kier molecular flexibility index (Phi) is 7.78. The topological polar surface area (TPSA) is 144 Å². The number of nitrogens with one attached hydrogen (secondary N) is 1. The van der Waals surface area contributed by atoms with Crippen molar-refractivity contribution in [2.24, 2.45) is 12.8 Å².